The topological polar surface area (TPSA) is 105 Å². The van der Waals surface area contributed by atoms with Crippen molar-refractivity contribution in [1.82, 2.24) is 0 Å². The summed E-state index contributed by atoms with van der Waals surface area (Å²) in [6.07, 6.45) is 1.37. The van der Waals surface area contributed by atoms with Crippen molar-refractivity contribution in [2.24, 2.45) is 0 Å². The van der Waals surface area contributed by atoms with Crippen molar-refractivity contribution in [2.45, 2.75) is 6.61 Å². The molecule has 0 saturated carbocycles. The van der Waals surface area contributed by atoms with Crippen LogP contribution in [0.4, 0.5) is 15.8 Å². The average Bonchev–Trinajstić information content (AvgIpc) is 2.78. The third kappa shape index (κ3) is 5.77. The van der Waals surface area contributed by atoms with Crippen molar-refractivity contribution >= 4 is 39.3 Å². The SMILES string of the molecule is N#C/C(=C/c1ccc(OCc2cccc([N+](=O)[O-])c2)c(Br)c1)C(=O)Nc1ccccc1F. The maximum atomic E-state index is 13.7. The molecule has 160 valence electrons. The number of para-hydroxylation sites is 1. The molecule has 7 nitrogen and oxygen atoms in total. The van der Waals surface area contributed by atoms with Crippen LogP contribution in [0.5, 0.6) is 5.75 Å². The molecule has 3 aromatic rings. The van der Waals surface area contributed by atoms with Crippen LogP contribution in [-0.4, -0.2) is 10.8 Å². The van der Waals surface area contributed by atoms with E-state index in [2.05, 4.69) is 21.2 Å². The highest BCUT2D eigenvalue weighted by Gasteiger charge is 2.13. The lowest BCUT2D eigenvalue weighted by Crippen LogP contribution is -2.14. The summed E-state index contributed by atoms with van der Waals surface area (Å²) in [6, 6.07) is 18.5. The fourth-order valence-electron chi connectivity index (χ4n) is 2.71. The summed E-state index contributed by atoms with van der Waals surface area (Å²) in [4.78, 5) is 22.7. The molecule has 1 N–H and O–H groups in total. The number of nitrogens with one attached hydrogen (secondary N) is 1. The Hall–Kier alpha value is -4.03. The normalized spacial score (nSPS) is 10.8. The van der Waals surface area contributed by atoms with E-state index < -0.39 is 16.6 Å². The van der Waals surface area contributed by atoms with Gasteiger partial charge in [-0.25, -0.2) is 4.39 Å². The molecule has 32 heavy (non-hydrogen) atoms. The van der Waals surface area contributed by atoms with Crippen molar-refractivity contribution in [3.63, 3.8) is 0 Å². The van der Waals surface area contributed by atoms with Gasteiger partial charge in [0.1, 0.15) is 29.8 Å². The highest BCUT2D eigenvalue weighted by Crippen LogP contribution is 2.28. The van der Waals surface area contributed by atoms with Crippen LogP contribution in [0.2, 0.25) is 0 Å². The minimum Gasteiger partial charge on any atom is -0.488 e. The minimum atomic E-state index is -0.736. The molecule has 3 rings (SSSR count). The number of amides is 1. The van der Waals surface area contributed by atoms with Crippen molar-refractivity contribution in [3.05, 3.63) is 104 Å². The molecule has 3 aromatic carbocycles. The van der Waals surface area contributed by atoms with Gasteiger partial charge in [0.15, 0.2) is 0 Å². The summed E-state index contributed by atoms with van der Waals surface area (Å²) in [7, 11) is 0. The third-order valence-electron chi connectivity index (χ3n) is 4.27. The predicted molar refractivity (Wildman–Crippen MR) is 120 cm³/mol. The zero-order valence-electron chi connectivity index (χ0n) is 16.4. The number of nitro groups is 1. The van der Waals surface area contributed by atoms with Gasteiger partial charge in [0.25, 0.3) is 11.6 Å². The van der Waals surface area contributed by atoms with E-state index in [1.165, 1.54) is 36.4 Å². The first-order chi connectivity index (χ1) is 15.4. The number of hydrogen-bond donors (Lipinski definition) is 1. The molecule has 0 aliphatic rings. The lowest BCUT2D eigenvalue weighted by molar-refractivity contribution is -0.384. The number of carbonyl (C=O) groups is 1. The van der Waals surface area contributed by atoms with Gasteiger partial charge in [-0.05, 0) is 57.4 Å². The Balaban J connectivity index is 1.72. The van der Waals surface area contributed by atoms with Crippen molar-refractivity contribution < 1.29 is 18.8 Å². The number of nitriles is 1. The molecule has 0 spiro atoms. The molecule has 0 aromatic heterocycles. The first kappa shape index (κ1) is 22.7. The third-order valence-corrected chi connectivity index (χ3v) is 4.89. The van der Waals surface area contributed by atoms with Crippen LogP contribution in [0.15, 0.2) is 76.8 Å². The van der Waals surface area contributed by atoms with E-state index in [-0.39, 0.29) is 23.6 Å². The van der Waals surface area contributed by atoms with E-state index in [4.69, 9.17) is 4.74 Å². The first-order valence-electron chi connectivity index (χ1n) is 9.20. The van der Waals surface area contributed by atoms with Crippen molar-refractivity contribution in [3.8, 4) is 11.8 Å². The Morgan fingerprint density at radius 3 is 2.66 bits per heavy atom. The second-order valence-electron chi connectivity index (χ2n) is 6.51. The van der Waals surface area contributed by atoms with Gasteiger partial charge in [-0.2, -0.15) is 5.26 Å². The molecule has 0 aliphatic carbocycles. The number of ether oxygens (including phenoxy) is 1. The van der Waals surface area contributed by atoms with E-state index in [9.17, 15) is 24.6 Å². The number of carbonyl (C=O) groups excluding carboxylic acids is 1. The molecule has 0 unspecified atom stereocenters. The fraction of sp³-hybridized carbons (Fsp3) is 0.0435. The number of rotatable bonds is 7. The number of nitro benzene ring substituents is 1. The largest absolute Gasteiger partial charge is 0.488 e. The van der Waals surface area contributed by atoms with E-state index in [0.717, 1.165) is 0 Å². The molecule has 0 heterocycles. The number of nitrogens with zero attached hydrogens (tertiary/aromatic N) is 2. The summed E-state index contributed by atoms with van der Waals surface area (Å²) in [6.45, 7) is 0.115. The highest BCUT2D eigenvalue weighted by molar-refractivity contribution is 9.10. The molecule has 0 saturated heterocycles. The molecule has 0 aliphatic heterocycles. The quantitative estimate of drug-likeness (QED) is 0.198. The van der Waals surface area contributed by atoms with Gasteiger partial charge in [-0.15, -0.1) is 0 Å². The molecule has 1 amide bonds. The second kappa shape index (κ2) is 10.3. The lowest BCUT2D eigenvalue weighted by Gasteiger charge is -2.09. The molecule has 0 atom stereocenters. The van der Waals surface area contributed by atoms with Crippen LogP contribution < -0.4 is 10.1 Å². The minimum absolute atomic E-state index is 0.0234. The average molecular weight is 496 g/mol. The summed E-state index contributed by atoms with van der Waals surface area (Å²) >= 11 is 3.38. The van der Waals surface area contributed by atoms with E-state index in [0.29, 0.717) is 21.3 Å². The molecule has 0 bridgehead atoms. The summed E-state index contributed by atoms with van der Waals surface area (Å²) in [5.41, 5.74) is 0.921. The van der Waals surface area contributed by atoms with Crippen molar-refractivity contribution in [2.75, 3.05) is 5.32 Å². The van der Waals surface area contributed by atoms with Crippen LogP contribution in [0.25, 0.3) is 6.08 Å². The van der Waals surface area contributed by atoms with E-state index >= 15 is 0 Å². The Morgan fingerprint density at radius 2 is 1.97 bits per heavy atom. The predicted octanol–water partition coefficient (Wildman–Crippen LogP) is 5.62. The lowest BCUT2D eigenvalue weighted by atomic mass is 10.1. The first-order valence-corrected chi connectivity index (χ1v) is 10.00. The molecule has 0 radical (unpaired) electrons. The summed E-state index contributed by atoms with van der Waals surface area (Å²) in [5, 5.41) is 22.6. The van der Waals surface area contributed by atoms with Crippen molar-refractivity contribution in [1.29, 1.82) is 5.26 Å². The Morgan fingerprint density at radius 1 is 1.19 bits per heavy atom. The number of hydrogen-bond acceptors (Lipinski definition) is 5. The molecular formula is C23H15BrFN3O4. The zero-order chi connectivity index (χ0) is 23.1. The zero-order valence-corrected chi connectivity index (χ0v) is 18.0. The van der Waals surface area contributed by atoms with Crippen LogP contribution in [0.3, 0.4) is 0 Å². The Kier molecular flexibility index (Phi) is 7.31. The van der Waals surface area contributed by atoms with Crippen LogP contribution in [0.1, 0.15) is 11.1 Å². The molecule has 0 fully saturated rings. The highest BCUT2D eigenvalue weighted by atomic mass is 79.9. The van der Waals surface area contributed by atoms with Gasteiger partial charge in [0, 0.05) is 12.1 Å². The molecular weight excluding hydrogens is 481 g/mol. The maximum absolute atomic E-state index is 13.7. The van der Waals surface area contributed by atoms with Gasteiger partial charge in [0.05, 0.1) is 15.1 Å². The smallest absolute Gasteiger partial charge is 0.269 e. The number of anilines is 1. The van der Waals surface area contributed by atoms with E-state index in [1.54, 1.807) is 36.4 Å². The number of benzene rings is 3. The van der Waals surface area contributed by atoms with Gasteiger partial charge in [0.2, 0.25) is 0 Å². The van der Waals surface area contributed by atoms with Gasteiger partial charge >= 0.3 is 0 Å². The summed E-state index contributed by atoms with van der Waals surface area (Å²) in [5.74, 6) is -0.867. The van der Waals surface area contributed by atoms with E-state index in [1.807, 2.05) is 6.07 Å². The fourth-order valence-corrected chi connectivity index (χ4v) is 3.22. The van der Waals surface area contributed by atoms with Gasteiger partial charge < -0.3 is 10.1 Å². The van der Waals surface area contributed by atoms with Crippen LogP contribution >= 0.6 is 15.9 Å². The maximum Gasteiger partial charge on any atom is 0.269 e. The molecule has 9 heteroatoms. The van der Waals surface area contributed by atoms with Crippen LogP contribution in [-0.2, 0) is 11.4 Å². The number of halogens is 2. The Labute approximate surface area is 191 Å². The standard InChI is InChI=1S/C23H15BrFN3O4/c24-19-12-15(10-17(13-26)23(29)27-21-7-2-1-6-20(21)25)8-9-22(19)32-14-16-4-3-5-18(11-16)28(30)31/h1-12H,14H2,(H,27,29)/b17-10-. The second-order valence-corrected chi connectivity index (χ2v) is 7.36. The van der Waals surface area contributed by atoms with Crippen LogP contribution in [0, 0.1) is 27.3 Å². The Bertz CT molecular complexity index is 1250. The van der Waals surface area contributed by atoms with Gasteiger partial charge in [-0.1, -0.05) is 30.3 Å². The number of non-ortho nitro benzene ring substituents is 1. The monoisotopic (exact) mass is 495 g/mol. The summed E-state index contributed by atoms with van der Waals surface area (Å²) < 4.78 is 20.0. The van der Waals surface area contributed by atoms with Gasteiger partial charge in [-0.3, -0.25) is 14.9 Å².